The highest BCUT2D eigenvalue weighted by Crippen LogP contribution is 2.30. The van der Waals surface area contributed by atoms with E-state index in [4.69, 9.17) is 16.3 Å². The smallest absolute Gasteiger partial charge is 0.410 e. The predicted molar refractivity (Wildman–Crippen MR) is 146 cm³/mol. The largest absolute Gasteiger partial charge is 0.444 e. The number of piperazine rings is 1. The van der Waals surface area contributed by atoms with E-state index in [-0.39, 0.29) is 12.0 Å². The number of carbonyl (C=O) groups is 2. The van der Waals surface area contributed by atoms with Gasteiger partial charge in [0.05, 0.1) is 17.6 Å². The Morgan fingerprint density at radius 3 is 2.36 bits per heavy atom. The summed E-state index contributed by atoms with van der Waals surface area (Å²) in [6, 6.07) is 11.0. The minimum atomic E-state index is -0.511. The van der Waals surface area contributed by atoms with Crippen LogP contribution in [-0.2, 0) is 4.74 Å². The molecule has 1 aliphatic heterocycles. The molecule has 1 aliphatic rings. The summed E-state index contributed by atoms with van der Waals surface area (Å²) < 4.78 is 5.44. The Morgan fingerprint density at radius 2 is 1.75 bits per heavy atom. The van der Waals surface area contributed by atoms with Crippen molar-refractivity contribution in [3.63, 3.8) is 0 Å². The first-order valence-corrected chi connectivity index (χ1v) is 13.2. The van der Waals surface area contributed by atoms with E-state index in [0.717, 1.165) is 11.3 Å². The van der Waals surface area contributed by atoms with E-state index in [1.165, 1.54) is 11.3 Å². The Hall–Kier alpha value is -3.17. The van der Waals surface area contributed by atoms with E-state index >= 15 is 0 Å². The van der Waals surface area contributed by atoms with E-state index in [1.807, 2.05) is 64.3 Å². The second kappa shape index (κ2) is 12.2. The quantitative estimate of drug-likeness (QED) is 0.433. The minimum absolute atomic E-state index is 0.294. The highest BCUT2D eigenvalue weighted by molar-refractivity contribution is 7.14. The molecule has 0 atom stereocenters. The zero-order valence-corrected chi connectivity index (χ0v) is 22.8. The molecule has 1 aromatic carbocycles. The van der Waals surface area contributed by atoms with Crippen molar-refractivity contribution in [2.24, 2.45) is 0 Å². The van der Waals surface area contributed by atoms with Gasteiger partial charge in [0.1, 0.15) is 11.3 Å². The SMILES string of the molecule is CC.CC(C)(C)OC(=O)N1CCN(c2ccc(C(=O)Nc3nc(-c4ccccc4Cl)cs3)nc2)CC1. The number of ether oxygens (including phenoxy) is 1. The number of pyridine rings is 1. The molecule has 1 N–H and O–H groups in total. The van der Waals surface area contributed by atoms with Gasteiger partial charge in [-0.15, -0.1) is 11.3 Å². The van der Waals surface area contributed by atoms with Crippen molar-refractivity contribution in [3.05, 3.63) is 58.7 Å². The summed E-state index contributed by atoms with van der Waals surface area (Å²) in [6.45, 7) is 12.0. The monoisotopic (exact) mass is 529 g/mol. The zero-order chi connectivity index (χ0) is 26.3. The molecule has 0 spiro atoms. The summed E-state index contributed by atoms with van der Waals surface area (Å²) in [5.41, 5.74) is 2.21. The molecule has 2 amide bonds. The van der Waals surface area contributed by atoms with Crippen LogP contribution in [0.3, 0.4) is 0 Å². The molecular weight excluding hydrogens is 498 g/mol. The van der Waals surface area contributed by atoms with Crippen LogP contribution in [0, 0.1) is 0 Å². The lowest BCUT2D eigenvalue weighted by atomic mass is 10.2. The third kappa shape index (κ3) is 7.18. The Labute approximate surface area is 221 Å². The molecule has 0 aliphatic carbocycles. The summed E-state index contributed by atoms with van der Waals surface area (Å²) in [7, 11) is 0. The van der Waals surface area contributed by atoms with Crippen molar-refractivity contribution < 1.29 is 14.3 Å². The number of nitrogens with zero attached hydrogens (tertiary/aromatic N) is 4. The van der Waals surface area contributed by atoms with Crippen LogP contribution in [0.4, 0.5) is 15.6 Å². The van der Waals surface area contributed by atoms with Gasteiger partial charge in [-0.2, -0.15) is 0 Å². The molecule has 1 fully saturated rings. The fourth-order valence-corrected chi connectivity index (χ4v) is 4.40. The number of hydrogen-bond donors (Lipinski definition) is 1. The van der Waals surface area contributed by atoms with Crippen LogP contribution in [0.5, 0.6) is 0 Å². The van der Waals surface area contributed by atoms with Crippen LogP contribution in [-0.4, -0.2) is 58.6 Å². The van der Waals surface area contributed by atoms with Crippen molar-refractivity contribution in [2.45, 2.75) is 40.2 Å². The van der Waals surface area contributed by atoms with Gasteiger partial charge in [-0.3, -0.25) is 10.1 Å². The fourth-order valence-electron chi connectivity index (χ4n) is 3.47. The highest BCUT2D eigenvalue weighted by Gasteiger charge is 2.26. The van der Waals surface area contributed by atoms with Crippen molar-refractivity contribution in [3.8, 4) is 11.3 Å². The average molecular weight is 530 g/mol. The number of nitrogens with one attached hydrogen (secondary N) is 1. The number of amides is 2. The number of thiazole rings is 1. The summed E-state index contributed by atoms with van der Waals surface area (Å²) in [4.78, 5) is 37.5. The van der Waals surface area contributed by atoms with Crippen LogP contribution in [0.15, 0.2) is 48.0 Å². The molecule has 0 saturated carbocycles. The topological polar surface area (TPSA) is 87.7 Å². The number of halogens is 1. The fraction of sp³-hybridized carbons (Fsp3) is 0.385. The van der Waals surface area contributed by atoms with Gasteiger partial charge in [-0.05, 0) is 39.0 Å². The lowest BCUT2D eigenvalue weighted by Gasteiger charge is -2.36. The van der Waals surface area contributed by atoms with Gasteiger partial charge in [0, 0.05) is 42.1 Å². The van der Waals surface area contributed by atoms with Gasteiger partial charge in [-0.1, -0.05) is 43.6 Å². The molecule has 0 radical (unpaired) electrons. The van der Waals surface area contributed by atoms with Crippen LogP contribution >= 0.6 is 22.9 Å². The lowest BCUT2D eigenvalue weighted by molar-refractivity contribution is 0.0240. The number of rotatable bonds is 4. The number of anilines is 2. The first kappa shape index (κ1) is 27.4. The van der Waals surface area contributed by atoms with Crippen molar-refractivity contribution >= 4 is 45.8 Å². The van der Waals surface area contributed by atoms with Gasteiger partial charge < -0.3 is 14.5 Å². The third-order valence-corrected chi connectivity index (χ3v) is 6.24. The molecule has 1 saturated heterocycles. The van der Waals surface area contributed by atoms with E-state index in [9.17, 15) is 9.59 Å². The highest BCUT2D eigenvalue weighted by atomic mass is 35.5. The number of aromatic nitrogens is 2. The molecule has 10 heteroatoms. The summed E-state index contributed by atoms with van der Waals surface area (Å²) in [6.07, 6.45) is 1.38. The maximum atomic E-state index is 12.6. The van der Waals surface area contributed by atoms with Crippen molar-refractivity contribution in [1.29, 1.82) is 0 Å². The molecule has 36 heavy (non-hydrogen) atoms. The first-order chi connectivity index (χ1) is 17.2. The summed E-state index contributed by atoms with van der Waals surface area (Å²) in [5, 5.41) is 5.73. The van der Waals surface area contributed by atoms with Crippen molar-refractivity contribution in [2.75, 3.05) is 36.4 Å². The van der Waals surface area contributed by atoms with E-state index in [1.54, 1.807) is 23.2 Å². The molecule has 3 aromatic rings. The predicted octanol–water partition coefficient (Wildman–Crippen LogP) is 6.19. The Kier molecular flexibility index (Phi) is 9.28. The lowest BCUT2D eigenvalue weighted by Crippen LogP contribution is -2.50. The normalized spacial score (nSPS) is 13.5. The first-order valence-electron chi connectivity index (χ1n) is 11.9. The molecule has 192 valence electrons. The van der Waals surface area contributed by atoms with Crippen LogP contribution in [0.25, 0.3) is 11.3 Å². The molecule has 2 aromatic heterocycles. The molecule has 4 rings (SSSR count). The van der Waals surface area contributed by atoms with Gasteiger partial charge in [0.2, 0.25) is 0 Å². The van der Waals surface area contributed by atoms with E-state index < -0.39 is 5.60 Å². The molecule has 0 unspecified atom stereocenters. The zero-order valence-electron chi connectivity index (χ0n) is 21.2. The maximum Gasteiger partial charge on any atom is 0.410 e. The molecular formula is C26H32ClN5O3S. The number of carbonyl (C=O) groups excluding carboxylic acids is 2. The molecule has 8 nitrogen and oxygen atoms in total. The summed E-state index contributed by atoms with van der Waals surface area (Å²) >= 11 is 7.56. The van der Waals surface area contributed by atoms with Crippen molar-refractivity contribution in [1.82, 2.24) is 14.9 Å². The van der Waals surface area contributed by atoms with Gasteiger partial charge >= 0.3 is 6.09 Å². The van der Waals surface area contributed by atoms with Gasteiger partial charge in [0.15, 0.2) is 5.13 Å². The summed E-state index contributed by atoms with van der Waals surface area (Å²) in [5.74, 6) is -0.332. The van der Waals surface area contributed by atoms with Gasteiger partial charge in [0.25, 0.3) is 5.91 Å². The van der Waals surface area contributed by atoms with E-state index in [2.05, 4.69) is 20.2 Å². The maximum absolute atomic E-state index is 12.6. The Morgan fingerprint density at radius 1 is 1.06 bits per heavy atom. The average Bonchev–Trinajstić information content (AvgIpc) is 3.33. The molecule has 0 bridgehead atoms. The number of hydrogen-bond acceptors (Lipinski definition) is 7. The van der Waals surface area contributed by atoms with Crippen LogP contribution in [0.2, 0.25) is 5.02 Å². The van der Waals surface area contributed by atoms with Crippen LogP contribution in [0.1, 0.15) is 45.1 Å². The van der Waals surface area contributed by atoms with E-state index in [0.29, 0.717) is 47.7 Å². The number of benzene rings is 1. The minimum Gasteiger partial charge on any atom is -0.444 e. The standard InChI is InChI=1S/C24H26ClN5O3S.C2H6/c1-24(2,3)33-23(32)30-12-10-29(11-13-30)16-8-9-19(26-14-16)21(31)28-22-27-20(15-34-22)17-6-4-5-7-18(17)25;1-2/h4-9,14-15H,10-13H2,1-3H3,(H,27,28,31);1-2H3. The van der Waals surface area contributed by atoms with Crippen LogP contribution < -0.4 is 10.2 Å². The Balaban J connectivity index is 0.00000176. The second-order valence-corrected chi connectivity index (χ2v) is 10.1. The Bertz CT molecular complexity index is 1170. The molecule has 3 heterocycles. The third-order valence-electron chi connectivity index (χ3n) is 5.15. The van der Waals surface area contributed by atoms with Gasteiger partial charge in [-0.25, -0.2) is 14.8 Å². The second-order valence-electron chi connectivity index (χ2n) is 8.83.